The maximum atomic E-state index is 12.8. The van der Waals surface area contributed by atoms with Gasteiger partial charge in [0.15, 0.2) is 4.83 Å². The lowest BCUT2D eigenvalue weighted by Gasteiger charge is -2.17. The zero-order valence-electron chi connectivity index (χ0n) is 14.2. The van der Waals surface area contributed by atoms with Gasteiger partial charge in [-0.15, -0.1) is 16.4 Å². The van der Waals surface area contributed by atoms with Crippen molar-refractivity contribution in [3.05, 3.63) is 50.1 Å². The molecule has 6 nitrogen and oxygen atoms in total. The van der Waals surface area contributed by atoms with Crippen molar-refractivity contribution in [2.24, 2.45) is 5.92 Å². The molecule has 1 amide bonds. The molecule has 0 saturated heterocycles. The molecule has 1 N–H and O–H groups in total. The number of carbonyl (C=O) groups excluding carboxylic acids is 1. The average Bonchev–Trinajstić information content (AvgIpc) is 2.97. The first-order chi connectivity index (χ1) is 12.5. The van der Waals surface area contributed by atoms with Crippen LogP contribution in [0.15, 0.2) is 29.1 Å². The topological polar surface area (TPSA) is 76.9 Å². The van der Waals surface area contributed by atoms with Crippen molar-refractivity contribution in [1.82, 2.24) is 15.0 Å². The molecule has 26 heavy (non-hydrogen) atoms. The number of hydrogen-bond acceptors (Lipinski definition) is 5. The van der Waals surface area contributed by atoms with Gasteiger partial charge in [-0.25, -0.2) is 4.68 Å². The number of carbonyl (C=O) groups is 1. The highest BCUT2D eigenvalue weighted by atomic mass is 35.5. The van der Waals surface area contributed by atoms with Crippen LogP contribution in [0.5, 0.6) is 0 Å². The van der Waals surface area contributed by atoms with Crippen LogP contribution in [-0.4, -0.2) is 20.9 Å². The van der Waals surface area contributed by atoms with Crippen LogP contribution in [0, 0.1) is 5.92 Å². The summed E-state index contributed by atoms with van der Waals surface area (Å²) in [4.78, 5) is 27.0. The molecular weight excluding hydrogens is 372 g/mol. The van der Waals surface area contributed by atoms with Crippen molar-refractivity contribution in [2.45, 2.75) is 32.7 Å². The normalized spacial score (nSPS) is 16.5. The molecule has 2 heterocycles. The minimum absolute atomic E-state index is 0.175. The summed E-state index contributed by atoms with van der Waals surface area (Å²) in [5.41, 5.74) is 1.46. The fraction of sp³-hybridized carbons (Fsp3) is 0.333. The highest BCUT2D eigenvalue weighted by molar-refractivity contribution is 7.18. The maximum Gasteiger partial charge on any atom is 0.279 e. The van der Waals surface area contributed by atoms with Crippen molar-refractivity contribution in [1.29, 1.82) is 0 Å². The Morgan fingerprint density at radius 2 is 2.15 bits per heavy atom. The third-order valence-corrected chi connectivity index (χ3v) is 6.00. The minimum Gasteiger partial charge on any atom is -0.324 e. The second-order valence-electron chi connectivity index (χ2n) is 6.64. The molecule has 0 fully saturated rings. The Morgan fingerprint density at radius 1 is 1.38 bits per heavy atom. The van der Waals surface area contributed by atoms with E-state index in [1.165, 1.54) is 4.88 Å². The molecule has 1 unspecified atom stereocenters. The summed E-state index contributed by atoms with van der Waals surface area (Å²) < 4.78 is 1.14. The number of fused-ring (bicyclic) bond motifs is 3. The number of aryl methyl sites for hydroxylation is 1. The molecule has 1 atom stereocenters. The first kappa shape index (κ1) is 17.2. The van der Waals surface area contributed by atoms with E-state index in [2.05, 4.69) is 22.6 Å². The largest absolute Gasteiger partial charge is 0.324 e. The SMILES string of the molecule is CC1CCc2c(sc3nnn(CC(=O)Nc4ccc(Cl)cc4)c(=O)c23)C1. The summed E-state index contributed by atoms with van der Waals surface area (Å²) in [6, 6.07) is 6.78. The Morgan fingerprint density at radius 3 is 2.92 bits per heavy atom. The second-order valence-corrected chi connectivity index (χ2v) is 8.16. The summed E-state index contributed by atoms with van der Waals surface area (Å²) in [6.07, 6.45) is 2.93. The third-order valence-electron chi connectivity index (χ3n) is 4.61. The van der Waals surface area contributed by atoms with Crippen LogP contribution < -0.4 is 10.9 Å². The lowest BCUT2D eigenvalue weighted by atomic mass is 9.89. The van der Waals surface area contributed by atoms with Gasteiger partial charge in [-0.1, -0.05) is 23.7 Å². The molecule has 8 heteroatoms. The number of anilines is 1. The molecule has 0 radical (unpaired) electrons. The van der Waals surface area contributed by atoms with Crippen molar-refractivity contribution in [3.8, 4) is 0 Å². The summed E-state index contributed by atoms with van der Waals surface area (Å²) in [6.45, 7) is 2.05. The van der Waals surface area contributed by atoms with Gasteiger partial charge >= 0.3 is 0 Å². The summed E-state index contributed by atoms with van der Waals surface area (Å²) >= 11 is 7.38. The molecule has 134 valence electrons. The van der Waals surface area contributed by atoms with Crippen LogP contribution in [0.2, 0.25) is 5.02 Å². The van der Waals surface area contributed by atoms with E-state index in [1.54, 1.807) is 35.6 Å². The fourth-order valence-electron chi connectivity index (χ4n) is 3.26. The third kappa shape index (κ3) is 3.24. The van der Waals surface area contributed by atoms with E-state index >= 15 is 0 Å². The van der Waals surface area contributed by atoms with Crippen LogP contribution >= 0.6 is 22.9 Å². The van der Waals surface area contributed by atoms with E-state index in [4.69, 9.17) is 11.6 Å². The number of aromatic nitrogens is 3. The average molecular weight is 389 g/mol. The van der Waals surface area contributed by atoms with E-state index in [9.17, 15) is 9.59 Å². The van der Waals surface area contributed by atoms with Crippen molar-refractivity contribution >= 4 is 44.7 Å². The van der Waals surface area contributed by atoms with Crippen LogP contribution in [0.3, 0.4) is 0 Å². The van der Waals surface area contributed by atoms with Gasteiger partial charge in [0.2, 0.25) is 5.91 Å². The highest BCUT2D eigenvalue weighted by Crippen LogP contribution is 2.35. The number of nitrogens with one attached hydrogen (secondary N) is 1. The number of hydrogen-bond donors (Lipinski definition) is 1. The highest BCUT2D eigenvalue weighted by Gasteiger charge is 2.24. The lowest BCUT2D eigenvalue weighted by Crippen LogP contribution is -2.30. The van der Waals surface area contributed by atoms with Gasteiger partial charge in [-0.05, 0) is 55.0 Å². The number of halogens is 1. The molecule has 3 aromatic rings. The van der Waals surface area contributed by atoms with Crippen LogP contribution in [0.4, 0.5) is 5.69 Å². The Hall–Kier alpha value is -2.25. The zero-order chi connectivity index (χ0) is 18.3. The molecule has 2 aromatic heterocycles. The molecule has 4 rings (SSSR count). The quantitative estimate of drug-likeness (QED) is 0.747. The maximum absolute atomic E-state index is 12.8. The minimum atomic E-state index is -0.333. The van der Waals surface area contributed by atoms with E-state index < -0.39 is 0 Å². The van der Waals surface area contributed by atoms with E-state index in [0.29, 0.717) is 26.8 Å². The Kier molecular flexibility index (Phi) is 4.50. The van der Waals surface area contributed by atoms with Gasteiger partial charge in [0.1, 0.15) is 6.54 Å². The van der Waals surface area contributed by atoms with Gasteiger partial charge in [-0.3, -0.25) is 9.59 Å². The van der Waals surface area contributed by atoms with Gasteiger partial charge in [-0.2, -0.15) is 0 Å². The summed E-state index contributed by atoms with van der Waals surface area (Å²) in [5, 5.41) is 12.1. The number of thiophene rings is 1. The molecule has 0 spiro atoms. The lowest BCUT2D eigenvalue weighted by molar-refractivity contribution is -0.117. The van der Waals surface area contributed by atoms with Crippen LogP contribution in [0.25, 0.3) is 10.2 Å². The van der Waals surface area contributed by atoms with Gasteiger partial charge < -0.3 is 5.32 Å². The molecular formula is C18H17ClN4O2S. The monoisotopic (exact) mass is 388 g/mol. The first-order valence-electron chi connectivity index (χ1n) is 8.44. The summed E-state index contributed by atoms with van der Waals surface area (Å²) in [7, 11) is 0. The fourth-order valence-corrected chi connectivity index (χ4v) is 4.71. The number of nitrogens with zero attached hydrogens (tertiary/aromatic N) is 3. The predicted molar refractivity (Wildman–Crippen MR) is 103 cm³/mol. The first-order valence-corrected chi connectivity index (χ1v) is 9.64. The molecule has 0 aliphatic heterocycles. The van der Waals surface area contributed by atoms with Crippen molar-refractivity contribution in [2.75, 3.05) is 5.32 Å². The second kappa shape index (κ2) is 6.81. The van der Waals surface area contributed by atoms with Gasteiger partial charge in [0.25, 0.3) is 5.56 Å². The van der Waals surface area contributed by atoms with Crippen LogP contribution in [-0.2, 0) is 24.2 Å². The number of rotatable bonds is 3. The van der Waals surface area contributed by atoms with Crippen molar-refractivity contribution < 1.29 is 4.79 Å². The Balaban J connectivity index is 1.61. The van der Waals surface area contributed by atoms with E-state index in [1.807, 2.05) is 0 Å². The zero-order valence-corrected chi connectivity index (χ0v) is 15.7. The predicted octanol–water partition coefficient (Wildman–Crippen LogP) is 3.27. The summed E-state index contributed by atoms with van der Waals surface area (Å²) in [5.74, 6) is 0.289. The van der Waals surface area contributed by atoms with Crippen molar-refractivity contribution in [3.63, 3.8) is 0 Å². The van der Waals surface area contributed by atoms with Gasteiger partial charge in [0, 0.05) is 15.6 Å². The molecule has 1 aromatic carbocycles. The molecule has 1 aliphatic rings. The van der Waals surface area contributed by atoms with Crippen LogP contribution in [0.1, 0.15) is 23.8 Å². The van der Waals surface area contributed by atoms with Gasteiger partial charge in [0.05, 0.1) is 5.39 Å². The number of benzene rings is 1. The Labute approximate surface area is 158 Å². The van der Waals surface area contributed by atoms with E-state index in [-0.39, 0.29) is 18.0 Å². The Bertz CT molecular complexity index is 1040. The van der Waals surface area contributed by atoms with E-state index in [0.717, 1.165) is 29.5 Å². The smallest absolute Gasteiger partial charge is 0.279 e. The number of amides is 1. The molecule has 0 saturated carbocycles. The molecule has 1 aliphatic carbocycles. The standard InChI is InChI=1S/C18H17ClN4O2S/c1-10-2-7-13-14(8-10)26-17-16(13)18(25)23(22-21-17)9-15(24)20-12-5-3-11(19)4-6-12/h3-6,10H,2,7-9H2,1H3,(H,20,24). The molecule has 0 bridgehead atoms.